The Balaban J connectivity index is 2.03. The summed E-state index contributed by atoms with van der Waals surface area (Å²) in [6.07, 6.45) is 2.08. The van der Waals surface area contributed by atoms with Gasteiger partial charge in [-0.2, -0.15) is 0 Å². The SMILES string of the molecule is CC(C)Oc1cc(OCC2CCNCC2)ccc1[N+](=O)[O-]. The van der Waals surface area contributed by atoms with E-state index in [1.807, 2.05) is 13.8 Å². The van der Waals surface area contributed by atoms with Gasteiger partial charge in [0.15, 0.2) is 0 Å². The number of nitrogens with zero attached hydrogens (tertiary/aromatic N) is 1. The Hall–Kier alpha value is -1.82. The zero-order valence-electron chi connectivity index (χ0n) is 12.5. The van der Waals surface area contributed by atoms with E-state index in [-0.39, 0.29) is 17.5 Å². The lowest BCUT2D eigenvalue weighted by molar-refractivity contribution is -0.386. The van der Waals surface area contributed by atoms with Gasteiger partial charge in [-0.15, -0.1) is 0 Å². The van der Waals surface area contributed by atoms with Gasteiger partial charge in [0.2, 0.25) is 5.75 Å². The van der Waals surface area contributed by atoms with Gasteiger partial charge in [0.25, 0.3) is 0 Å². The lowest BCUT2D eigenvalue weighted by Crippen LogP contribution is -2.30. The Labute approximate surface area is 124 Å². The molecule has 0 unspecified atom stereocenters. The highest BCUT2D eigenvalue weighted by atomic mass is 16.6. The number of piperidine rings is 1. The summed E-state index contributed by atoms with van der Waals surface area (Å²) in [5.41, 5.74) is -0.0297. The van der Waals surface area contributed by atoms with Crippen LogP contribution in [0.15, 0.2) is 18.2 Å². The van der Waals surface area contributed by atoms with Crippen LogP contribution in [0, 0.1) is 16.0 Å². The smallest absolute Gasteiger partial charge is 0.311 e. The summed E-state index contributed by atoms with van der Waals surface area (Å²) in [7, 11) is 0. The van der Waals surface area contributed by atoms with Crippen molar-refractivity contribution in [2.24, 2.45) is 5.92 Å². The van der Waals surface area contributed by atoms with E-state index in [0.29, 0.717) is 18.3 Å². The molecule has 0 bridgehead atoms. The molecule has 1 aliphatic rings. The summed E-state index contributed by atoms with van der Waals surface area (Å²) in [4.78, 5) is 10.6. The van der Waals surface area contributed by atoms with Crippen LogP contribution in [0.2, 0.25) is 0 Å². The van der Waals surface area contributed by atoms with Crippen LogP contribution >= 0.6 is 0 Å². The summed E-state index contributed by atoms with van der Waals surface area (Å²) in [5, 5.41) is 14.3. The molecule has 1 N–H and O–H groups in total. The number of hydrogen-bond donors (Lipinski definition) is 1. The van der Waals surface area contributed by atoms with Gasteiger partial charge in [0.1, 0.15) is 5.75 Å². The number of ether oxygens (including phenoxy) is 2. The molecule has 1 aromatic carbocycles. The molecule has 1 heterocycles. The fourth-order valence-corrected chi connectivity index (χ4v) is 2.35. The minimum atomic E-state index is -0.436. The van der Waals surface area contributed by atoms with E-state index in [0.717, 1.165) is 25.9 Å². The highest BCUT2D eigenvalue weighted by Crippen LogP contribution is 2.32. The second-order valence-corrected chi connectivity index (χ2v) is 5.56. The second kappa shape index (κ2) is 7.26. The summed E-state index contributed by atoms with van der Waals surface area (Å²) in [6.45, 7) is 6.37. The van der Waals surface area contributed by atoms with Crippen LogP contribution in [0.4, 0.5) is 5.69 Å². The van der Waals surface area contributed by atoms with Crippen LogP contribution in [-0.4, -0.2) is 30.7 Å². The Morgan fingerprint density at radius 3 is 2.71 bits per heavy atom. The molecule has 0 saturated carbocycles. The van der Waals surface area contributed by atoms with E-state index in [1.165, 1.54) is 6.07 Å². The number of benzene rings is 1. The molecule has 6 nitrogen and oxygen atoms in total. The van der Waals surface area contributed by atoms with Crippen LogP contribution in [0.25, 0.3) is 0 Å². The van der Waals surface area contributed by atoms with Gasteiger partial charge in [-0.1, -0.05) is 0 Å². The second-order valence-electron chi connectivity index (χ2n) is 5.56. The molecule has 0 atom stereocenters. The van der Waals surface area contributed by atoms with Crippen LogP contribution in [0.5, 0.6) is 11.5 Å². The Bertz CT molecular complexity index is 485. The maximum atomic E-state index is 11.0. The summed E-state index contributed by atoms with van der Waals surface area (Å²) < 4.78 is 11.3. The van der Waals surface area contributed by atoms with Gasteiger partial charge in [0.05, 0.1) is 17.6 Å². The normalized spacial score (nSPS) is 16.0. The third-order valence-corrected chi connectivity index (χ3v) is 3.44. The fourth-order valence-electron chi connectivity index (χ4n) is 2.35. The average molecular weight is 294 g/mol. The molecule has 116 valence electrons. The molecule has 1 saturated heterocycles. The quantitative estimate of drug-likeness (QED) is 0.645. The Kier molecular flexibility index (Phi) is 5.38. The van der Waals surface area contributed by atoms with Crippen molar-refractivity contribution in [2.75, 3.05) is 19.7 Å². The molecule has 2 rings (SSSR count). The third-order valence-electron chi connectivity index (χ3n) is 3.44. The maximum absolute atomic E-state index is 11.0. The Morgan fingerprint density at radius 1 is 1.38 bits per heavy atom. The van der Waals surface area contributed by atoms with Crippen molar-refractivity contribution >= 4 is 5.69 Å². The predicted molar refractivity (Wildman–Crippen MR) is 79.9 cm³/mol. The van der Waals surface area contributed by atoms with Crippen molar-refractivity contribution in [1.82, 2.24) is 5.32 Å². The zero-order valence-corrected chi connectivity index (χ0v) is 12.5. The number of rotatable bonds is 6. The van der Waals surface area contributed by atoms with Gasteiger partial charge in [-0.3, -0.25) is 10.1 Å². The maximum Gasteiger partial charge on any atom is 0.311 e. The van der Waals surface area contributed by atoms with E-state index in [1.54, 1.807) is 12.1 Å². The molecular weight excluding hydrogens is 272 g/mol. The first-order chi connectivity index (χ1) is 10.1. The number of nitrogens with one attached hydrogen (secondary N) is 1. The average Bonchev–Trinajstić information content (AvgIpc) is 2.45. The molecule has 1 fully saturated rings. The van der Waals surface area contributed by atoms with E-state index in [4.69, 9.17) is 9.47 Å². The summed E-state index contributed by atoms with van der Waals surface area (Å²) in [6, 6.07) is 4.68. The van der Waals surface area contributed by atoms with Crippen LogP contribution in [-0.2, 0) is 0 Å². The van der Waals surface area contributed by atoms with Crippen molar-refractivity contribution in [3.05, 3.63) is 28.3 Å². The fraction of sp³-hybridized carbons (Fsp3) is 0.600. The molecule has 0 aliphatic carbocycles. The molecule has 6 heteroatoms. The molecule has 1 aliphatic heterocycles. The molecule has 0 aromatic heterocycles. The molecule has 0 spiro atoms. The highest BCUT2D eigenvalue weighted by Gasteiger charge is 2.18. The first-order valence-electron chi connectivity index (χ1n) is 7.35. The minimum absolute atomic E-state index is 0.0297. The lowest BCUT2D eigenvalue weighted by Gasteiger charge is -2.22. The van der Waals surface area contributed by atoms with Gasteiger partial charge >= 0.3 is 5.69 Å². The van der Waals surface area contributed by atoms with E-state index >= 15 is 0 Å². The molecular formula is C15H22N2O4. The van der Waals surface area contributed by atoms with Gasteiger partial charge in [-0.05, 0) is 51.8 Å². The zero-order chi connectivity index (χ0) is 15.2. The standard InChI is InChI=1S/C15H22N2O4/c1-11(2)21-15-9-13(3-4-14(15)17(18)19)20-10-12-5-7-16-8-6-12/h3-4,9,11-12,16H,5-8,10H2,1-2H3. The summed E-state index contributed by atoms with van der Waals surface area (Å²) >= 11 is 0. The monoisotopic (exact) mass is 294 g/mol. The number of hydrogen-bond acceptors (Lipinski definition) is 5. The van der Waals surface area contributed by atoms with Gasteiger partial charge in [0, 0.05) is 12.1 Å². The third kappa shape index (κ3) is 4.60. The van der Waals surface area contributed by atoms with Crippen molar-refractivity contribution in [1.29, 1.82) is 0 Å². The highest BCUT2D eigenvalue weighted by molar-refractivity contribution is 5.50. The van der Waals surface area contributed by atoms with Gasteiger partial charge < -0.3 is 14.8 Å². The first-order valence-corrected chi connectivity index (χ1v) is 7.35. The van der Waals surface area contributed by atoms with Crippen LogP contribution in [0.3, 0.4) is 0 Å². The molecule has 21 heavy (non-hydrogen) atoms. The summed E-state index contributed by atoms with van der Waals surface area (Å²) in [5.74, 6) is 1.42. The predicted octanol–water partition coefficient (Wildman–Crippen LogP) is 2.76. The molecule has 0 amide bonds. The number of nitro groups is 1. The van der Waals surface area contributed by atoms with Crippen LogP contribution < -0.4 is 14.8 Å². The Morgan fingerprint density at radius 2 is 2.10 bits per heavy atom. The topological polar surface area (TPSA) is 73.6 Å². The van der Waals surface area contributed by atoms with Crippen molar-refractivity contribution < 1.29 is 14.4 Å². The molecule has 0 radical (unpaired) electrons. The minimum Gasteiger partial charge on any atom is -0.493 e. The lowest BCUT2D eigenvalue weighted by atomic mass is 9.99. The van der Waals surface area contributed by atoms with Crippen LogP contribution in [0.1, 0.15) is 26.7 Å². The largest absolute Gasteiger partial charge is 0.493 e. The first kappa shape index (κ1) is 15.6. The van der Waals surface area contributed by atoms with E-state index in [2.05, 4.69) is 5.32 Å². The van der Waals surface area contributed by atoms with Crippen molar-refractivity contribution in [3.8, 4) is 11.5 Å². The molecule has 1 aromatic rings. The van der Waals surface area contributed by atoms with Crippen molar-refractivity contribution in [3.63, 3.8) is 0 Å². The van der Waals surface area contributed by atoms with Gasteiger partial charge in [-0.25, -0.2) is 0 Å². The van der Waals surface area contributed by atoms with Crippen molar-refractivity contribution in [2.45, 2.75) is 32.8 Å². The number of nitro benzene ring substituents is 1. The van der Waals surface area contributed by atoms with E-state index in [9.17, 15) is 10.1 Å². The van der Waals surface area contributed by atoms with E-state index < -0.39 is 4.92 Å².